The van der Waals surface area contributed by atoms with Crippen LogP contribution < -0.4 is 0 Å². The highest BCUT2D eigenvalue weighted by Gasteiger charge is 2.48. The van der Waals surface area contributed by atoms with Gasteiger partial charge in [0.25, 0.3) is 0 Å². The molecule has 2 fully saturated rings. The van der Waals surface area contributed by atoms with E-state index in [0.29, 0.717) is 12.8 Å². The van der Waals surface area contributed by atoms with Gasteiger partial charge in [-0.2, -0.15) is 5.26 Å². The maximum absolute atomic E-state index is 12.7. The minimum atomic E-state index is -0.418. The summed E-state index contributed by atoms with van der Waals surface area (Å²) in [5.41, 5.74) is 1.40. The molecule has 3 rings (SSSR count). The molecule has 1 saturated carbocycles. The highest BCUT2D eigenvalue weighted by molar-refractivity contribution is 5.76. The number of carbonyl (C=O) groups is 1. The van der Waals surface area contributed by atoms with Crippen LogP contribution in [0.5, 0.6) is 0 Å². The second-order valence-electron chi connectivity index (χ2n) is 9.85. The molecule has 28 heavy (non-hydrogen) atoms. The summed E-state index contributed by atoms with van der Waals surface area (Å²) in [5.74, 6) is 0.229. The molecule has 1 amide bonds. The molecule has 1 aliphatic heterocycles. The lowest BCUT2D eigenvalue weighted by atomic mass is 9.64. The Hall–Kier alpha value is -1.86. The second kappa shape index (κ2) is 7.87. The summed E-state index contributed by atoms with van der Waals surface area (Å²) in [7, 11) is 4.40. The number of likely N-dealkylation sites (tertiary alicyclic amines) is 1. The molecular formula is C24H35N3O. The van der Waals surface area contributed by atoms with Gasteiger partial charge < -0.3 is 4.90 Å². The predicted octanol–water partition coefficient (Wildman–Crippen LogP) is 4.57. The van der Waals surface area contributed by atoms with E-state index in [1.54, 1.807) is 0 Å². The van der Waals surface area contributed by atoms with Gasteiger partial charge in [0.1, 0.15) is 0 Å². The topological polar surface area (TPSA) is 47.3 Å². The smallest absolute Gasteiger partial charge is 0.222 e. The van der Waals surface area contributed by atoms with E-state index in [1.807, 2.05) is 13.8 Å². The first-order valence-corrected chi connectivity index (χ1v) is 10.6. The minimum Gasteiger partial charge on any atom is -0.342 e. The van der Waals surface area contributed by atoms with E-state index in [2.05, 4.69) is 60.3 Å². The molecule has 0 unspecified atom stereocenters. The van der Waals surface area contributed by atoms with Crippen LogP contribution in [-0.2, 0) is 10.3 Å². The number of rotatable bonds is 5. The van der Waals surface area contributed by atoms with Gasteiger partial charge in [-0.25, -0.2) is 0 Å². The minimum absolute atomic E-state index is 0.112. The molecule has 1 spiro atoms. The summed E-state index contributed by atoms with van der Waals surface area (Å²) in [6.45, 7) is 5.61. The average molecular weight is 382 g/mol. The first-order valence-electron chi connectivity index (χ1n) is 10.6. The molecule has 1 aromatic rings. The highest BCUT2D eigenvalue weighted by Crippen LogP contribution is 2.51. The van der Waals surface area contributed by atoms with E-state index in [1.165, 1.54) is 18.4 Å². The van der Waals surface area contributed by atoms with Gasteiger partial charge in [-0.3, -0.25) is 9.69 Å². The Morgan fingerprint density at radius 2 is 1.79 bits per heavy atom. The van der Waals surface area contributed by atoms with Gasteiger partial charge in [0.2, 0.25) is 5.91 Å². The Kier molecular flexibility index (Phi) is 5.87. The van der Waals surface area contributed by atoms with Gasteiger partial charge in [0, 0.05) is 25.0 Å². The summed E-state index contributed by atoms with van der Waals surface area (Å²) in [6, 6.07) is 13.2. The van der Waals surface area contributed by atoms with Gasteiger partial charge in [-0.05, 0) is 77.4 Å². The molecule has 2 aliphatic rings. The van der Waals surface area contributed by atoms with Gasteiger partial charge in [-0.1, -0.05) is 30.3 Å². The number of nitrogens with zero attached hydrogens (tertiary/aromatic N) is 3. The lowest BCUT2D eigenvalue weighted by Gasteiger charge is -2.49. The van der Waals surface area contributed by atoms with Gasteiger partial charge in [0.05, 0.1) is 11.5 Å². The third-order valence-electron chi connectivity index (χ3n) is 7.36. The zero-order valence-electron chi connectivity index (χ0n) is 18.0. The highest BCUT2D eigenvalue weighted by atomic mass is 16.2. The van der Waals surface area contributed by atoms with Crippen LogP contribution >= 0.6 is 0 Å². The van der Waals surface area contributed by atoms with E-state index < -0.39 is 5.41 Å². The molecule has 4 heteroatoms. The third-order valence-corrected chi connectivity index (χ3v) is 7.36. The van der Waals surface area contributed by atoms with Gasteiger partial charge in [0.15, 0.2) is 0 Å². The van der Waals surface area contributed by atoms with Crippen molar-refractivity contribution in [3.8, 4) is 6.07 Å². The lowest BCUT2D eigenvalue weighted by molar-refractivity contribution is -0.131. The van der Waals surface area contributed by atoms with Crippen LogP contribution in [-0.4, -0.2) is 42.9 Å². The molecule has 0 atom stereocenters. The first kappa shape index (κ1) is 20.9. The molecule has 1 aliphatic carbocycles. The van der Waals surface area contributed by atoms with Crippen molar-refractivity contribution < 1.29 is 4.79 Å². The van der Waals surface area contributed by atoms with Crippen molar-refractivity contribution in [2.45, 2.75) is 64.3 Å². The van der Waals surface area contributed by atoms with Crippen molar-refractivity contribution in [1.82, 2.24) is 9.80 Å². The number of hydrogen-bond acceptors (Lipinski definition) is 3. The SMILES string of the molecule is CN(C)C1(c2ccccc2)CCC2(CCN(C(=O)CCC(C)(C)C#N)C2)CC1. The van der Waals surface area contributed by atoms with Gasteiger partial charge >= 0.3 is 0 Å². The number of benzene rings is 1. The van der Waals surface area contributed by atoms with Crippen LogP contribution in [0, 0.1) is 22.2 Å². The summed E-state index contributed by atoms with van der Waals surface area (Å²) >= 11 is 0. The van der Waals surface area contributed by atoms with Crippen molar-refractivity contribution in [1.29, 1.82) is 5.26 Å². The Morgan fingerprint density at radius 1 is 1.14 bits per heavy atom. The molecule has 0 N–H and O–H groups in total. The van der Waals surface area contributed by atoms with Crippen LogP contribution in [0.25, 0.3) is 0 Å². The Labute approximate surface area is 170 Å². The summed E-state index contributed by atoms with van der Waals surface area (Å²) in [6.07, 6.45) is 6.90. The molecule has 0 radical (unpaired) electrons. The van der Waals surface area contributed by atoms with Crippen LogP contribution in [0.4, 0.5) is 0 Å². The van der Waals surface area contributed by atoms with Crippen molar-refractivity contribution in [3.63, 3.8) is 0 Å². The second-order valence-corrected chi connectivity index (χ2v) is 9.85. The fourth-order valence-electron chi connectivity index (χ4n) is 5.13. The molecule has 4 nitrogen and oxygen atoms in total. The normalized spacial score (nSPS) is 27.9. The van der Waals surface area contributed by atoms with Crippen molar-refractivity contribution in [2.24, 2.45) is 10.8 Å². The molecular weight excluding hydrogens is 346 g/mol. The van der Waals surface area contributed by atoms with Crippen LogP contribution in [0.2, 0.25) is 0 Å². The number of carbonyl (C=O) groups excluding carboxylic acids is 1. The fraction of sp³-hybridized carbons (Fsp3) is 0.667. The van der Waals surface area contributed by atoms with E-state index in [0.717, 1.165) is 32.4 Å². The molecule has 0 bridgehead atoms. The molecule has 1 heterocycles. The molecule has 1 aromatic carbocycles. The van der Waals surface area contributed by atoms with Crippen LogP contribution in [0.15, 0.2) is 30.3 Å². The van der Waals surface area contributed by atoms with Crippen LogP contribution in [0.1, 0.15) is 64.4 Å². The number of nitriles is 1. The predicted molar refractivity (Wildman–Crippen MR) is 113 cm³/mol. The monoisotopic (exact) mass is 381 g/mol. The quantitative estimate of drug-likeness (QED) is 0.751. The van der Waals surface area contributed by atoms with Crippen molar-refractivity contribution in [3.05, 3.63) is 35.9 Å². The lowest BCUT2D eigenvalue weighted by Crippen LogP contribution is -2.47. The maximum atomic E-state index is 12.7. The average Bonchev–Trinajstić information content (AvgIpc) is 3.11. The van der Waals surface area contributed by atoms with E-state index in [-0.39, 0.29) is 16.9 Å². The van der Waals surface area contributed by atoms with E-state index in [4.69, 9.17) is 0 Å². The van der Waals surface area contributed by atoms with Crippen molar-refractivity contribution in [2.75, 3.05) is 27.2 Å². The maximum Gasteiger partial charge on any atom is 0.222 e. The van der Waals surface area contributed by atoms with E-state index in [9.17, 15) is 10.1 Å². The first-order chi connectivity index (χ1) is 13.2. The standard InChI is InChI=1S/C24H35N3O/c1-22(2,18-25)11-10-21(28)27-17-16-23(19-27)12-14-24(15-13-23,26(3)4)20-8-6-5-7-9-20/h5-9H,10-17,19H2,1-4H3. The Balaban J connectivity index is 1.63. The molecule has 1 saturated heterocycles. The summed E-state index contributed by atoms with van der Waals surface area (Å²) < 4.78 is 0. The Morgan fingerprint density at radius 3 is 2.36 bits per heavy atom. The molecule has 152 valence electrons. The van der Waals surface area contributed by atoms with Gasteiger partial charge in [-0.15, -0.1) is 0 Å². The van der Waals surface area contributed by atoms with Crippen LogP contribution in [0.3, 0.4) is 0 Å². The molecule has 0 aromatic heterocycles. The zero-order valence-corrected chi connectivity index (χ0v) is 18.0. The Bertz CT molecular complexity index is 724. The number of hydrogen-bond donors (Lipinski definition) is 0. The fourth-order valence-corrected chi connectivity index (χ4v) is 5.13. The third kappa shape index (κ3) is 4.10. The van der Waals surface area contributed by atoms with Crippen molar-refractivity contribution >= 4 is 5.91 Å². The van der Waals surface area contributed by atoms with E-state index >= 15 is 0 Å². The summed E-state index contributed by atoms with van der Waals surface area (Å²) in [4.78, 5) is 17.2. The number of amides is 1. The summed E-state index contributed by atoms with van der Waals surface area (Å²) in [5, 5.41) is 9.18. The largest absolute Gasteiger partial charge is 0.342 e. The zero-order chi connectivity index (χ0) is 20.4.